The Balaban J connectivity index is 1.63. The predicted molar refractivity (Wildman–Crippen MR) is 115 cm³/mol. The Morgan fingerprint density at radius 1 is 1.23 bits per heavy atom. The number of nitrogens with one attached hydrogen (secondary N) is 2. The molecular formula is C22H21ClN4O3. The van der Waals surface area contributed by atoms with Crippen LogP contribution in [0, 0.1) is 6.92 Å². The van der Waals surface area contributed by atoms with Crippen LogP contribution in [0.25, 0.3) is 11.1 Å². The standard InChI is InChI=1S/C22H21ClN4O3/c1-13-5-3-4-6-16(13)24-19(28)11-18-22(29)25-21-20(14-7-9-15(23)10-8-14)17(12-30-2)26-27(18)21/h3-10,18H,11-12H2,1-2H3,(H,24,28)(H,25,29). The van der Waals surface area contributed by atoms with Crippen LogP contribution in [0.5, 0.6) is 0 Å². The number of hydrogen-bond donors (Lipinski definition) is 2. The summed E-state index contributed by atoms with van der Waals surface area (Å²) in [6.07, 6.45) is -0.0265. The van der Waals surface area contributed by atoms with Gasteiger partial charge < -0.3 is 15.4 Å². The van der Waals surface area contributed by atoms with Crippen molar-refractivity contribution in [2.75, 3.05) is 17.7 Å². The van der Waals surface area contributed by atoms with Crippen LogP contribution in [-0.2, 0) is 20.9 Å². The largest absolute Gasteiger partial charge is 0.378 e. The van der Waals surface area contributed by atoms with Crippen molar-refractivity contribution in [2.45, 2.75) is 26.0 Å². The molecule has 0 aliphatic carbocycles. The summed E-state index contributed by atoms with van der Waals surface area (Å²) in [5.41, 5.74) is 3.98. The van der Waals surface area contributed by atoms with E-state index >= 15 is 0 Å². The molecule has 3 aromatic rings. The number of carbonyl (C=O) groups excluding carboxylic acids is 2. The summed E-state index contributed by atoms with van der Waals surface area (Å²) in [6, 6.07) is 14.1. The minimum Gasteiger partial charge on any atom is -0.378 e. The van der Waals surface area contributed by atoms with E-state index in [1.54, 1.807) is 23.9 Å². The fraction of sp³-hybridized carbons (Fsp3) is 0.227. The van der Waals surface area contributed by atoms with Crippen LogP contribution in [-0.4, -0.2) is 28.7 Å². The third kappa shape index (κ3) is 3.81. The first-order chi connectivity index (χ1) is 14.5. The summed E-state index contributed by atoms with van der Waals surface area (Å²) in [4.78, 5) is 25.3. The van der Waals surface area contributed by atoms with Gasteiger partial charge >= 0.3 is 0 Å². The van der Waals surface area contributed by atoms with Gasteiger partial charge in [-0.15, -0.1) is 0 Å². The molecule has 0 saturated carbocycles. The lowest BCUT2D eigenvalue weighted by Crippen LogP contribution is -2.24. The van der Waals surface area contributed by atoms with E-state index < -0.39 is 6.04 Å². The zero-order valence-electron chi connectivity index (χ0n) is 16.6. The van der Waals surface area contributed by atoms with Gasteiger partial charge in [0.15, 0.2) is 0 Å². The molecule has 7 nitrogen and oxygen atoms in total. The van der Waals surface area contributed by atoms with Gasteiger partial charge in [-0.2, -0.15) is 5.10 Å². The quantitative estimate of drug-likeness (QED) is 0.621. The van der Waals surface area contributed by atoms with Gasteiger partial charge in [0, 0.05) is 23.4 Å². The third-order valence-electron chi connectivity index (χ3n) is 5.03. The lowest BCUT2D eigenvalue weighted by Gasteiger charge is -2.11. The highest BCUT2D eigenvalue weighted by atomic mass is 35.5. The molecule has 30 heavy (non-hydrogen) atoms. The lowest BCUT2D eigenvalue weighted by atomic mass is 10.1. The molecule has 4 rings (SSSR count). The van der Waals surface area contributed by atoms with Crippen LogP contribution in [0.3, 0.4) is 0 Å². The van der Waals surface area contributed by atoms with Crippen molar-refractivity contribution in [3.05, 3.63) is 64.8 Å². The number of anilines is 2. The number of hydrogen-bond acceptors (Lipinski definition) is 4. The van der Waals surface area contributed by atoms with Gasteiger partial charge in [-0.25, -0.2) is 4.68 Å². The van der Waals surface area contributed by atoms with Crippen LogP contribution in [0.2, 0.25) is 5.02 Å². The van der Waals surface area contributed by atoms with Crippen molar-refractivity contribution < 1.29 is 14.3 Å². The van der Waals surface area contributed by atoms with Crippen LogP contribution in [0.1, 0.15) is 23.7 Å². The Hall–Kier alpha value is -3.16. The highest BCUT2D eigenvalue weighted by Gasteiger charge is 2.37. The van der Waals surface area contributed by atoms with Crippen molar-refractivity contribution >= 4 is 34.9 Å². The minimum atomic E-state index is -0.735. The van der Waals surface area contributed by atoms with Crippen molar-refractivity contribution in [3.63, 3.8) is 0 Å². The Labute approximate surface area is 179 Å². The number of amides is 2. The second-order valence-corrected chi connectivity index (χ2v) is 7.56. The first kappa shape index (κ1) is 20.1. The predicted octanol–water partition coefficient (Wildman–Crippen LogP) is 4.18. The fourth-order valence-corrected chi connectivity index (χ4v) is 3.69. The van der Waals surface area contributed by atoms with E-state index in [-0.39, 0.29) is 24.8 Å². The second-order valence-electron chi connectivity index (χ2n) is 7.13. The van der Waals surface area contributed by atoms with Crippen molar-refractivity contribution in [2.24, 2.45) is 0 Å². The Morgan fingerprint density at radius 2 is 1.97 bits per heavy atom. The van der Waals surface area contributed by atoms with E-state index in [0.717, 1.165) is 22.4 Å². The van der Waals surface area contributed by atoms with Gasteiger partial charge in [0.05, 0.1) is 18.7 Å². The van der Waals surface area contributed by atoms with Gasteiger partial charge in [-0.1, -0.05) is 41.9 Å². The zero-order chi connectivity index (χ0) is 21.3. The molecule has 0 radical (unpaired) electrons. The maximum atomic E-state index is 12.6. The molecule has 2 aromatic carbocycles. The lowest BCUT2D eigenvalue weighted by molar-refractivity contribution is -0.123. The van der Waals surface area contributed by atoms with Gasteiger partial charge in [0.1, 0.15) is 11.9 Å². The van der Waals surface area contributed by atoms with E-state index in [0.29, 0.717) is 16.5 Å². The number of aryl methyl sites for hydroxylation is 1. The molecule has 2 heterocycles. The second kappa shape index (κ2) is 8.30. The average Bonchev–Trinajstić information content (AvgIpc) is 3.20. The summed E-state index contributed by atoms with van der Waals surface area (Å²) in [5, 5.41) is 11.0. The number of ether oxygens (including phenoxy) is 1. The molecule has 2 N–H and O–H groups in total. The minimum absolute atomic E-state index is 0.0265. The molecule has 1 aliphatic rings. The topological polar surface area (TPSA) is 85.2 Å². The van der Waals surface area contributed by atoms with E-state index in [2.05, 4.69) is 15.7 Å². The van der Waals surface area contributed by atoms with Crippen LogP contribution in [0.4, 0.5) is 11.5 Å². The number of carbonyl (C=O) groups is 2. The van der Waals surface area contributed by atoms with E-state index in [1.165, 1.54) is 0 Å². The molecule has 8 heteroatoms. The summed E-state index contributed by atoms with van der Waals surface area (Å²) >= 11 is 6.01. The fourth-order valence-electron chi connectivity index (χ4n) is 3.56. The highest BCUT2D eigenvalue weighted by molar-refractivity contribution is 6.30. The van der Waals surface area contributed by atoms with Gasteiger partial charge in [0.2, 0.25) is 5.91 Å². The first-order valence-electron chi connectivity index (χ1n) is 9.50. The van der Waals surface area contributed by atoms with Crippen molar-refractivity contribution in [1.29, 1.82) is 0 Å². The number of halogens is 1. The van der Waals surface area contributed by atoms with Crippen LogP contribution < -0.4 is 10.6 Å². The summed E-state index contributed by atoms with van der Waals surface area (Å²) in [6.45, 7) is 2.19. The Bertz CT molecular complexity index is 1110. The molecule has 2 amide bonds. The summed E-state index contributed by atoms with van der Waals surface area (Å²) in [5.74, 6) is 0.0359. The van der Waals surface area contributed by atoms with Gasteiger partial charge in [-0.3, -0.25) is 9.59 Å². The molecular weight excluding hydrogens is 404 g/mol. The molecule has 1 aromatic heterocycles. The zero-order valence-corrected chi connectivity index (χ0v) is 17.4. The Morgan fingerprint density at radius 3 is 2.67 bits per heavy atom. The van der Waals surface area contributed by atoms with Crippen molar-refractivity contribution in [3.8, 4) is 11.1 Å². The van der Waals surface area contributed by atoms with E-state index in [9.17, 15) is 9.59 Å². The molecule has 0 fully saturated rings. The maximum absolute atomic E-state index is 12.6. The third-order valence-corrected chi connectivity index (χ3v) is 5.29. The number of nitrogens with zero attached hydrogens (tertiary/aromatic N) is 2. The summed E-state index contributed by atoms with van der Waals surface area (Å²) in [7, 11) is 1.59. The smallest absolute Gasteiger partial charge is 0.251 e. The van der Waals surface area contributed by atoms with Crippen LogP contribution >= 0.6 is 11.6 Å². The normalized spacial score (nSPS) is 15.0. The highest BCUT2D eigenvalue weighted by Crippen LogP contribution is 2.39. The molecule has 1 atom stereocenters. The van der Waals surface area contributed by atoms with Crippen LogP contribution in [0.15, 0.2) is 48.5 Å². The number of aromatic nitrogens is 2. The number of benzene rings is 2. The SMILES string of the molecule is COCc1nn2c(c1-c1ccc(Cl)cc1)NC(=O)C2CC(=O)Nc1ccccc1C. The molecule has 1 aliphatic heterocycles. The maximum Gasteiger partial charge on any atom is 0.251 e. The molecule has 0 spiro atoms. The van der Waals surface area contributed by atoms with E-state index in [4.69, 9.17) is 16.3 Å². The van der Waals surface area contributed by atoms with E-state index in [1.807, 2.05) is 43.3 Å². The number of para-hydroxylation sites is 1. The average molecular weight is 425 g/mol. The molecule has 154 valence electrons. The summed E-state index contributed by atoms with van der Waals surface area (Å²) < 4.78 is 6.87. The monoisotopic (exact) mass is 424 g/mol. The molecule has 1 unspecified atom stereocenters. The molecule has 0 saturated heterocycles. The van der Waals surface area contributed by atoms with Crippen molar-refractivity contribution in [1.82, 2.24) is 9.78 Å². The van der Waals surface area contributed by atoms with Gasteiger partial charge in [0.25, 0.3) is 5.91 Å². The first-order valence-corrected chi connectivity index (χ1v) is 9.88. The van der Waals surface area contributed by atoms with Gasteiger partial charge in [-0.05, 0) is 36.2 Å². The number of rotatable bonds is 6. The number of methoxy groups -OCH3 is 1. The molecule has 0 bridgehead atoms. The Kier molecular flexibility index (Phi) is 5.57. The number of fused-ring (bicyclic) bond motifs is 1.